The van der Waals surface area contributed by atoms with Gasteiger partial charge in [0.1, 0.15) is 0 Å². The van der Waals surface area contributed by atoms with Crippen molar-refractivity contribution >= 4 is 35.0 Å². The predicted octanol–water partition coefficient (Wildman–Crippen LogP) is 4.37. The molecule has 0 saturated heterocycles. The molecule has 0 amide bonds. The van der Waals surface area contributed by atoms with E-state index in [0.29, 0.717) is 14.8 Å². The maximum Gasteiger partial charge on any atom is 0.0637 e. The van der Waals surface area contributed by atoms with Gasteiger partial charge in [0.15, 0.2) is 0 Å². The Morgan fingerprint density at radius 2 is 2.12 bits per heavy atom. The molecule has 94 valence electrons. The van der Waals surface area contributed by atoms with Gasteiger partial charge in [-0.15, -0.1) is 0 Å². The van der Waals surface area contributed by atoms with Crippen molar-refractivity contribution in [1.29, 1.82) is 0 Å². The van der Waals surface area contributed by atoms with Gasteiger partial charge in [0.2, 0.25) is 0 Å². The lowest BCUT2D eigenvalue weighted by Gasteiger charge is -2.40. The van der Waals surface area contributed by atoms with Gasteiger partial charge in [0.25, 0.3) is 0 Å². The van der Waals surface area contributed by atoms with Gasteiger partial charge in [-0.3, -0.25) is 0 Å². The first-order valence-electron chi connectivity index (χ1n) is 5.86. The summed E-state index contributed by atoms with van der Waals surface area (Å²) in [7, 11) is 0. The summed E-state index contributed by atoms with van der Waals surface area (Å²) in [5.74, 6) is 0. The summed E-state index contributed by atoms with van der Waals surface area (Å²) in [5, 5.41) is 4.81. The molecule has 0 atom stereocenters. The smallest absolute Gasteiger partial charge is 0.0637 e. The first-order chi connectivity index (χ1) is 8.17. The molecular formula is C13H17Cl2NS. The monoisotopic (exact) mass is 289 g/mol. The third-order valence-electron chi connectivity index (χ3n) is 3.49. The highest BCUT2D eigenvalue weighted by Gasteiger charge is 2.35. The number of hydrogen-bond acceptors (Lipinski definition) is 2. The van der Waals surface area contributed by atoms with E-state index in [-0.39, 0.29) is 0 Å². The number of rotatable bonds is 5. The molecule has 1 aliphatic rings. The van der Waals surface area contributed by atoms with Crippen LogP contribution in [0.3, 0.4) is 0 Å². The second kappa shape index (κ2) is 5.83. The molecule has 1 saturated carbocycles. The first-order valence-corrected chi connectivity index (χ1v) is 7.84. The molecule has 17 heavy (non-hydrogen) atoms. The molecule has 0 bridgehead atoms. The van der Waals surface area contributed by atoms with E-state index in [1.165, 1.54) is 19.3 Å². The Balaban J connectivity index is 1.88. The molecule has 0 aromatic heterocycles. The van der Waals surface area contributed by atoms with Gasteiger partial charge >= 0.3 is 0 Å². The molecular weight excluding hydrogens is 273 g/mol. The maximum absolute atomic E-state index is 6.15. The topological polar surface area (TPSA) is 12.0 Å². The molecule has 0 radical (unpaired) electrons. The zero-order valence-electron chi connectivity index (χ0n) is 9.93. The SMILES string of the molecule is CSC1(CNCc2cccc(Cl)c2Cl)CCC1. The second-order valence-corrected chi connectivity index (χ2v) is 6.62. The van der Waals surface area contributed by atoms with E-state index in [1.54, 1.807) is 0 Å². The van der Waals surface area contributed by atoms with E-state index in [2.05, 4.69) is 11.6 Å². The third kappa shape index (κ3) is 3.11. The lowest BCUT2D eigenvalue weighted by Crippen LogP contribution is -2.43. The molecule has 0 spiro atoms. The van der Waals surface area contributed by atoms with Crippen LogP contribution in [0.2, 0.25) is 10.0 Å². The van der Waals surface area contributed by atoms with Crippen LogP contribution in [0.15, 0.2) is 18.2 Å². The van der Waals surface area contributed by atoms with Crippen molar-refractivity contribution < 1.29 is 0 Å². The molecule has 0 unspecified atom stereocenters. The zero-order chi connectivity index (χ0) is 12.3. The van der Waals surface area contributed by atoms with Gasteiger partial charge in [-0.25, -0.2) is 0 Å². The summed E-state index contributed by atoms with van der Waals surface area (Å²) >= 11 is 14.1. The molecule has 1 fully saturated rings. The van der Waals surface area contributed by atoms with Gasteiger partial charge in [0.05, 0.1) is 10.0 Å². The quantitative estimate of drug-likeness (QED) is 0.864. The number of halogens is 2. The molecule has 0 heterocycles. The Morgan fingerprint density at radius 3 is 2.71 bits per heavy atom. The average molecular weight is 290 g/mol. The Bertz CT molecular complexity index is 385. The highest BCUT2D eigenvalue weighted by molar-refractivity contribution is 8.00. The van der Waals surface area contributed by atoms with Crippen LogP contribution in [0.4, 0.5) is 0 Å². The molecule has 1 aromatic carbocycles. The van der Waals surface area contributed by atoms with Crippen LogP contribution in [0.1, 0.15) is 24.8 Å². The van der Waals surface area contributed by atoms with Crippen LogP contribution in [-0.2, 0) is 6.54 Å². The average Bonchev–Trinajstić information content (AvgIpc) is 2.28. The number of nitrogens with one attached hydrogen (secondary N) is 1. The van der Waals surface area contributed by atoms with E-state index in [1.807, 2.05) is 30.0 Å². The van der Waals surface area contributed by atoms with Crippen LogP contribution in [0.5, 0.6) is 0 Å². The zero-order valence-corrected chi connectivity index (χ0v) is 12.3. The standard InChI is InChI=1S/C13H17Cl2NS/c1-17-13(6-3-7-13)9-16-8-10-4-2-5-11(14)12(10)15/h2,4-5,16H,3,6-9H2,1H3. The Labute approximate surface area is 117 Å². The Hall–Kier alpha value is 0.110. The van der Waals surface area contributed by atoms with Crippen molar-refractivity contribution in [2.75, 3.05) is 12.8 Å². The van der Waals surface area contributed by atoms with E-state index < -0.39 is 0 Å². The van der Waals surface area contributed by atoms with E-state index in [4.69, 9.17) is 23.2 Å². The van der Waals surface area contributed by atoms with Crippen molar-refractivity contribution in [1.82, 2.24) is 5.32 Å². The number of thioether (sulfide) groups is 1. The lowest BCUT2D eigenvalue weighted by molar-refractivity contribution is 0.345. The maximum atomic E-state index is 6.15. The Morgan fingerprint density at radius 1 is 1.35 bits per heavy atom. The normalized spacial score (nSPS) is 17.8. The van der Waals surface area contributed by atoms with Gasteiger partial charge in [-0.1, -0.05) is 41.8 Å². The van der Waals surface area contributed by atoms with Crippen LogP contribution in [0, 0.1) is 0 Å². The molecule has 1 aromatic rings. The summed E-state index contributed by atoms with van der Waals surface area (Å²) in [6, 6.07) is 5.79. The van der Waals surface area contributed by atoms with Gasteiger partial charge in [-0.05, 0) is 30.7 Å². The highest BCUT2D eigenvalue weighted by Crippen LogP contribution is 2.42. The summed E-state index contributed by atoms with van der Waals surface area (Å²) < 4.78 is 0.463. The van der Waals surface area contributed by atoms with Crippen molar-refractivity contribution in [3.05, 3.63) is 33.8 Å². The molecule has 0 aliphatic heterocycles. The van der Waals surface area contributed by atoms with Gasteiger partial charge < -0.3 is 5.32 Å². The largest absolute Gasteiger partial charge is 0.311 e. The summed E-state index contributed by atoms with van der Waals surface area (Å²) in [4.78, 5) is 0. The van der Waals surface area contributed by atoms with E-state index >= 15 is 0 Å². The summed E-state index contributed by atoms with van der Waals surface area (Å²) in [6.45, 7) is 1.85. The lowest BCUT2D eigenvalue weighted by atomic mass is 9.84. The predicted molar refractivity (Wildman–Crippen MR) is 78.3 cm³/mol. The van der Waals surface area contributed by atoms with Crippen molar-refractivity contribution in [2.24, 2.45) is 0 Å². The molecule has 1 nitrogen and oxygen atoms in total. The van der Waals surface area contributed by atoms with E-state index in [0.717, 1.165) is 18.7 Å². The summed E-state index contributed by atoms with van der Waals surface area (Å²) in [6.07, 6.45) is 6.21. The van der Waals surface area contributed by atoms with Crippen LogP contribution >= 0.6 is 35.0 Å². The molecule has 1 N–H and O–H groups in total. The van der Waals surface area contributed by atoms with Crippen LogP contribution < -0.4 is 5.32 Å². The van der Waals surface area contributed by atoms with Gasteiger partial charge in [-0.2, -0.15) is 11.8 Å². The third-order valence-corrected chi connectivity index (χ3v) is 5.77. The molecule has 2 rings (SSSR count). The van der Waals surface area contributed by atoms with Crippen LogP contribution in [0.25, 0.3) is 0 Å². The molecule has 4 heteroatoms. The number of benzene rings is 1. The van der Waals surface area contributed by atoms with Gasteiger partial charge in [0, 0.05) is 17.8 Å². The minimum Gasteiger partial charge on any atom is -0.311 e. The molecule has 1 aliphatic carbocycles. The number of hydrogen-bond donors (Lipinski definition) is 1. The van der Waals surface area contributed by atoms with E-state index in [9.17, 15) is 0 Å². The van der Waals surface area contributed by atoms with Crippen molar-refractivity contribution in [3.63, 3.8) is 0 Å². The minimum absolute atomic E-state index is 0.463. The fourth-order valence-electron chi connectivity index (χ4n) is 2.13. The fraction of sp³-hybridized carbons (Fsp3) is 0.538. The highest BCUT2D eigenvalue weighted by atomic mass is 35.5. The minimum atomic E-state index is 0.463. The second-order valence-electron chi connectivity index (χ2n) is 4.56. The fourth-order valence-corrected chi connectivity index (χ4v) is 3.46. The Kier molecular flexibility index (Phi) is 4.65. The van der Waals surface area contributed by atoms with Crippen LogP contribution in [-0.4, -0.2) is 17.5 Å². The first kappa shape index (κ1) is 13.5. The van der Waals surface area contributed by atoms with Crippen molar-refractivity contribution in [3.8, 4) is 0 Å². The van der Waals surface area contributed by atoms with Crippen molar-refractivity contribution in [2.45, 2.75) is 30.6 Å². The summed E-state index contributed by atoms with van der Waals surface area (Å²) in [5.41, 5.74) is 1.08.